The summed E-state index contributed by atoms with van der Waals surface area (Å²) in [6.07, 6.45) is 1.39. The lowest BCUT2D eigenvalue weighted by Gasteiger charge is -2.06. The summed E-state index contributed by atoms with van der Waals surface area (Å²) in [5.41, 5.74) is 0. The Hall–Kier alpha value is -0.510. The molecule has 0 aliphatic rings. The van der Waals surface area contributed by atoms with Gasteiger partial charge >= 0.3 is 0 Å². The Balaban J connectivity index is 2.82. The van der Waals surface area contributed by atoms with E-state index in [-0.39, 0.29) is 16.7 Å². The van der Waals surface area contributed by atoms with Gasteiger partial charge in [0.1, 0.15) is 5.38 Å². The van der Waals surface area contributed by atoms with Crippen LogP contribution in [0.5, 0.6) is 0 Å². The molecule has 0 saturated heterocycles. The van der Waals surface area contributed by atoms with Crippen LogP contribution < -0.4 is 5.32 Å². The maximum atomic E-state index is 11.2. The molecule has 1 heterocycles. The zero-order valence-electron chi connectivity index (χ0n) is 7.22. The lowest BCUT2D eigenvalue weighted by molar-refractivity contribution is -0.115. The molecule has 0 spiro atoms. The van der Waals surface area contributed by atoms with Gasteiger partial charge in [0.2, 0.25) is 5.91 Å². The van der Waals surface area contributed by atoms with Gasteiger partial charge in [0.05, 0.1) is 10.0 Å². The van der Waals surface area contributed by atoms with Crippen molar-refractivity contribution in [3.05, 3.63) is 22.3 Å². The van der Waals surface area contributed by atoms with Crippen molar-refractivity contribution in [1.82, 2.24) is 4.98 Å². The highest BCUT2D eigenvalue weighted by Crippen LogP contribution is 2.22. The van der Waals surface area contributed by atoms with Crippen LogP contribution in [-0.4, -0.2) is 16.3 Å². The van der Waals surface area contributed by atoms with Crippen LogP contribution >= 0.6 is 34.8 Å². The van der Waals surface area contributed by atoms with E-state index in [4.69, 9.17) is 34.8 Å². The molecule has 1 N–H and O–H groups in total. The Morgan fingerprint density at radius 3 is 2.71 bits per heavy atom. The number of amides is 1. The third-order valence-corrected chi connectivity index (χ3v) is 2.10. The highest BCUT2D eigenvalue weighted by Gasteiger charge is 2.12. The predicted octanol–water partition coefficient (Wildman–Crippen LogP) is 2.95. The molecule has 1 aromatic rings. The number of halogens is 3. The van der Waals surface area contributed by atoms with Crippen LogP contribution in [0.3, 0.4) is 0 Å². The van der Waals surface area contributed by atoms with Gasteiger partial charge in [-0.1, -0.05) is 23.2 Å². The van der Waals surface area contributed by atoms with Crippen LogP contribution in [0.2, 0.25) is 10.0 Å². The molecule has 1 aromatic heterocycles. The van der Waals surface area contributed by atoms with Crippen LogP contribution in [0.1, 0.15) is 6.92 Å². The van der Waals surface area contributed by atoms with Crippen LogP contribution in [0.15, 0.2) is 12.3 Å². The summed E-state index contributed by atoms with van der Waals surface area (Å²) >= 11 is 17.0. The molecule has 1 amide bonds. The van der Waals surface area contributed by atoms with E-state index < -0.39 is 5.38 Å². The van der Waals surface area contributed by atoms with E-state index in [1.165, 1.54) is 12.3 Å². The van der Waals surface area contributed by atoms with Gasteiger partial charge < -0.3 is 5.32 Å². The zero-order valence-corrected chi connectivity index (χ0v) is 9.49. The molecule has 14 heavy (non-hydrogen) atoms. The highest BCUT2D eigenvalue weighted by molar-refractivity contribution is 6.37. The fourth-order valence-corrected chi connectivity index (χ4v) is 1.20. The van der Waals surface area contributed by atoms with Crippen LogP contribution in [-0.2, 0) is 4.79 Å². The second-order valence-corrected chi connectivity index (χ2v) is 4.09. The smallest absolute Gasteiger partial charge is 0.243 e. The van der Waals surface area contributed by atoms with Crippen molar-refractivity contribution in [3.63, 3.8) is 0 Å². The first-order valence-electron chi connectivity index (χ1n) is 3.76. The van der Waals surface area contributed by atoms with Gasteiger partial charge in [-0.3, -0.25) is 4.79 Å². The van der Waals surface area contributed by atoms with Crippen molar-refractivity contribution >= 4 is 46.5 Å². The molecule has 0 radical (unpaired) electrons. The minimum Gasteiger partial charge on any atom is -0.308 e. The van der Waals surface area contributed by atoms with Crippen LogP contribution in [0.25, 0.3) is 0 Å². The fraction of sp³-hybridized carbons (Fsp3) is 0.250. The summed E-state index contributed by atoms with van der Waals surface area (Å²) < 4.78 is 0. The number of nitrogens with zero attached hydrogens (tertiary/aromatic N) is 1. The van der Waals surface area contributed by atoms with E-state index in [2.05, 4.69) is 10.3 Å². The molecule has 0 aliphatic heterocycles. The summed E-state index contributed by atoms with van der Waals surface area (Å²) in [6.45, 7) is 1.56. The average molecular weight is 254 g/mol. The SMILES string of the molecule is C[C@H](Cl)C(=O)Nc1ncc(Cl)cc1Cl. The number of nitrogens with one attached hydrogen (secondary N) is 1. The van der Waals surface area contributed by atoms with Gasteiger partial charge in [-0.2, -0.15) is 0 Å². The zero-order chi connectivity index (χ0) is 10.7. The van der Waals surface area contributed by atoms with E-state index >= 15 is 0 Å². The van der Waals surface area contributed by atoms with E-state index in [0.717, 1.165) is 0 Å². The predicted molar refractivity (Wildman–Crippen MR) is 58.2 cm³/mol. The maximum Gasteiger partial charge on any atom is 0.243 e. The van der Waals surface area contributed by atoms with Crippen molar-refractivity contribution in [2.24, 2.45) is 0 Å². The second kappa shape index (κ2) is 4.82. The first-order chi connectivity index (χ1) is 6.50. The van der Waals surface area contributed by atoms with Crippen molar-refractivity contribution in [2.45, 2.75) is 12.3 Å². The molecule has 3 nitrogen and oxygen atoms in total. The Bertz CT molecular complexity index is 354. The number of hydrogen-bond acceptors (Lipinski definition) is 2. The molecule has 0 bridgehead atoms. The molecule has 1 atom stereocenters. The standard InChI is InChI=1S/C8H7Cl3N2O/c1-4(9)8(14)13-7-6(11)2-5(10)3-12-7/h2-4H,1H3,(H,12,13,14)/t4-/m0/s1. The van der Waals surface area contributed by atoms with Gasteiger partial charge in [-0.05, 0) is 13.0 Å². The van der Waals surface area contributed by atoms with E-state index in [1.54, 1.807) is 6.92 Å². The van der Waals surface area contributed by atoms with Crippen LogP contribution in [0, 0.1) is 0 Å². The van der Waals surface area contributed by atoms with E-state index in [0.29, 0.717) is 5.02 Å². The number of aromatic nitrogens is 1. The Morgan fingerprint density at radius 1 is 1.57 bits per heavy atom. The van der Waals surface area contributed by atoms with Gasteiger partial charge in [0, 0.05) is 6.20 Å². The van der Waals surface area contributed by atoms with Gasteiger partial charge in [0.15, 0.2) is 5.82 Å². The third-order valence-electron chi connectivity index (χ3n) is 1.41. The quantitative estimate of drug-likeness (QED) is 0.823. The van der Waals surface area contributed by atoms with E-state index in [9.17, 15) is 4.79 Å². The lowest BCUT2D eigenvalue weighted by Crippen LogP contribution is -2.21. The fourth-order valence-electron chi connectivity index (χ4n) is 0.723. The number of anilines is 1. The first-order valence-corrected chi connectivity index (χ1v) is 4.96. The molecular weight excluding hydrogens is 246 g/mol. The second-order valence-electron chi connectivity index (χ2n) is 2.59. The molecular formula is C8H7Cl3N2O. The topological polar surface area (TPSA) is 42.0 Å². The summed E-state index contributed by atoms with van der Waals surface area (Å²) in [6, 6.07) is 1.49. The van der Waals surface area contributed by atoms with Crippen molar-refractivity contribution < 1.29 is 4.79 Å². The monoisotopic (exact) mass is 252 g/mol. The summed E-state index contributed by atoms with van der Waals surface area (Å²) in [4.78, 5) is 15.0. The Morgan fingerprint density at radius 2 is 2.21 bits per heavy atom. The van der Waals surface area contributed by atoms with Crippen molar-refractivity contribution in [1.29, 1.82) is 0 Å². The minimum atomic E-state index is -0.636. The number of carbonyl (C=O) groups excluding carboxylic acids is 1. The minimum absolute atomic E-state index is 0.258. The molecule has 0 aliphatic carbocycles. The molecule has 1 rings (SSSR count). The normalized spacial score (nSPS) is 12.3. The number of hydrogen-bond donors (Lipinski definition) is 1. The number of alkyl halides is 1. The summed E-state index contributed by atoms with van der Waals surface area (Å²) in [7, 11) is 0. The highest BCUT2D eigenvalue weighted by atomic mass is 35.5. The van der Waals surface area contributed by atoms with Crippen LogP contribution in [0.4, 0.5) is 5.82 Å². The molecule has 0 fully saturated rings. The largest absolute Gasteiger partial charge is 0.308 e. The first kappa shape index (κ1) is 11.6. The number of carbonyl (C=O) groups is 1. The molecule has 76 valence electrons. The van der Waals surface area contributed by atoms with E-state index in [1.807, 2.05) is 0 Å². The van der Waals surface area contributed by atoms with Gasteiger partial charge in [-0.15, -0.1) is 11.6 Å². The van der Waals surface area contributed by atoms with Crippen molar-refractivity contribution in [3.8, 4) is 0 Å². The average Bonchev–Trinajstić information content (AvgIpc) is 2.09. The molecule has 0 unspecified atom stereocenters. The Labute approximate surface area is 96.4 Å². The molecule has 6 heteroatoms. The van der Waals surface area contributed by atoms with Gasteiger partial charge in [-0.25, -0.2) is 4.98 Å². The van der Waals surface area contributed by atoms with Crippen molar-refractivity contribution in [2.75, 3.05) is 5.32 Å². The van der Waals surface area contributed by atoms with Gasteiger partial charge in [0.25, 0.3) is 0 Å². The number of rotatable bonds is 2. The summed E-state index contributed by atoms with van der Waals surface area (Å²) in [5.74, 6) is -0.100. The third kappa shape index (κ3) is 3.01. The molecule has 0 aromatic carbocycles. The Kier molecular flexibility index (Phi) is 3.98. The number of pyridine rings is 1. The molecule has 0 saturated carbocycles. The summed E-state index contributed by atoms with van der Waals surface area (Å²) in [5, 5.41) is 2.52. The lowest BCUT2D eigenvalue weighted by atomic mass is 10.4. The maximum absolute atomic E-state index is 11.2.